The van der Waals surface area contributed by atoms with Crippen LogP contribution in [0.25, 0.3) is 10.9 Å². The normalized spacial score (nSPS) is 10.2. The first kappa shape index (κ1) is 12.1. The number of fused-ring (bicyclic) bond motifs is 1. The van der Waals surface area contributed by atoms with Gasteiger partial charge in [-0.25, -0.2) is 9.97 Å². The highest BCUT2D eigenvalue weighted by Crippen LogP contribution is 2.27. The third kappa shape index (κ3) is 2.29. The summed E-state index contributed by atoms with van der Waals surface area (Å²) in [6.45, 7) is 1.94. The molecule has 4 heteroatoms. The van der Waals surface area contributed by atoms with Gasteiger partial charge in [-0.3, -0.25) is 0 Å². The predicted octanol–water partition coefficient (Wildman–Crippen LogP) is 3.60. The summed E-state index contributed by atoms with van der Waals surface area (Å²) in [4.78, 5) is 8.60. The number of aryl methyl sites for hydroxylation is 1. The second-order valence-corrected chi connectivity index (χ2v) is 4.38. The molecule has 3 aromatic rings. The first-order chi connectivity index (χ1) is 9.76. The van der Waals surface area contributed by atoms with Crippen molar-refractivity contribution in [1.82, 2.24) is 9.97 Å². The van der Waals surface area contributed by atoms with E-state index in [0.29, 0.717) is 17.2 Å². The second kappa shape index (κ2) is 4.98. The fourth-order valence-electron chi connectivity index (χ4n) is 1.92. The highest BCUT2D eigenvalue weighted by molar-refractivity contribution is 5.84. The molecule has 20 heavy (non-hydrogen) atoms. The number of hydrogen-bond acceptors (Lipinski definition) is 4. The van der Waals surface area contributed by atoms with E-state index in [1.54, 1.807) is 12.1 Å². The number of aromatic nitrogens is 2. The molecule has 1 aromatic carbocycles. The Labute approximate surface area is 116 Å². The van der Waals surface area contributed by atoms with Gasteiger partial charge in [0.15, 0.2) is 5.75 Å². The average molecular weight is 261 g/mol. The fraction of sp³-hybridized carbons (Fsp3) is 0.0625. The van der Waals surface area contributed by atoms with E-state index in [1.165, 1.54) is 6.20 Å². The van der Waals surface area contributed by atoms with Gasteiger partial charge in [0.2, 0.25) is 5.88 Å². The third-order valence-corrected chi connectivity index (χ3v) is 2.90. The average Bonchev–Trinajstić information content (AvgIpc) is 2.49. The Morgan fingerprint density at radius 1 is 1.10 bits per heavy atom. The largest absolute Gasteiger partial charge is 0.437 e. The Morgan fingerprint density at radius 3 is 2.75 bits per heavy atom. The van der Waals surface area contributed by atoms with Crippen LogP contribution < -0.4 is 4.74 Å². The van der Waals surface area contributed by atoms with Crippen LogP contribution in [0, 0.1) is 18.3 Å². The van der Waals surface area contributed by atoms with Gasteiger partial charge in [0.05, 0.1) is 5.56 Å². The molecule has 0 aliphatic carbocycles. The number of pyridine rings is 2. The summed E-state index contributed by atoms with van der Waals surface area (Å²) in [5, 5.41) is 9.76. The summed E-state index contributed by atoms with van der Waals surface area (Å²) in [6.07, 6.45) is 1.49. The number of hydrogen-bond donors (Lipinski definition) is 0. The molecule has 0 amide bonds. The maximum atomic E-state index is 8.75. The zero-order valence-corrected chi connectivity index (χ0v) is 10.9. The molecule has 2 aromatic heterocycles. The maximum absolute atomic E-state index is 8.75. The van der Waals surface area contributed by atoms with Gasteiger partial charge in [0.25, 0.3) is 0 Å². The van der Waals surface area contributed by atoms with E-state index in [9.17, 15) is 0 Å². The standard InChI is InChI=1S/C16H11N3O/c1-11-5-7-13-3-2-4-14(16(13)19-11)20-15-8-6-12(9-17)10-18-15/h2-8,10H,1H3. The number of ether oxygens (including phenoxy) is 1. The highest BCUT2D eigenvalue weighted by Gasteiger charge is 2.06. The molecule has 0 atom stereocenters. The predicted molar refractivity (Wildman–Crippen MR) is 75.5 cm³/mol. The monoisotopic (exact) mass is 261 g/mol. The summed E-state index contributed by atoms with van der Waals surface area (Å²) >= 11 is 0. The number of para-hydroxylation sites is 1. The van der Waals surface area contributed by atoms with Gasteiger partial charge in [-0.1, -0.05) is 18.2 Å². The minimum atomic E-state index is 0.444. The maximum Gasteiger partial charge on any atom is 0.219 e. The van der Waals surface area contributed by atoms with Crippen LogP contribution >= 0.6 is 0 Å². The van der Waals surface area contributed by atoms with E-state index < -0.39 is 0 Å². The molecule has 96 valence electrons. The summed E-state index contributed by atoms with van der Waals surface area (Å²) < 4.78 is 5.76. The molecule has 4 nitrogen and oxygen atoms in total. The summed E-state index contributed by atoms with van der Waals surface area (Å²) in [5.41, 5.74) is 2.24. The molecule has 0 radical (unpaired) electrons. The van der Waals surface area contributed by atoms with E-state index in [1.807, 2.05) is 43.3 Å². The molecular weight excluding hydrogens is 250 g/mol. The van der Waals surface area contributed by atoms with Crippen LogP contribution in [0.5, 0.6) is 11.6 Å². The Bertz CT molecular complexity index is 804. The second-order valence-electron chi connectivity index (χ2n) is 4.38. The van der Waals surface area contributed by atoms with E-state index in [4.69, 9.17) is 10.00 Å². The molecule has 0 N–H and O–H groups in total. The number of nitrogens with zero attached hydrogens (tertiary/aromatic N) is 3. The number of benzene rings is 1. The van der Waals surface area contributed by atoms with Crippen molar-refractivity contribution in [1.29, 1.82) is 5.26 Å². The lowest BCUT2D eigenvalue weighted by Gasteiger charge is -2.07. The minimum Gasteiger partial charge on any atom is -0.437 e. The van der Waals surface area contributed by atoms with Gasteiger partial charge in [-0.05, 0) is 25.1 Å². The Morgan fingerprint density at radius 2 is 2.00 bits per heavy atom. The van der Waals surface area contributed by atoms with Crippen molar-refractivity contribution in [3.8, 4) is 17.7 Å². The molecule has 0 spiro atoms. The van der Waals surface area contributed by atoms with Crippen molar-refractivity contribution in [2.45, 2.75) is 6.92 Å². The van der Waals surface area contributed by atoms with Gasteiger partial charge in [0.1, 0.15) is 11.6 Å². The molecule has 0 bridgehead atoms. The van der Waals surface area contributed by atoms with Crippen molar-refractivity contribution in [3.63, 3.8) is 0 Å². The van der Waals surface area contributed by atoms with Crippen LogP contribution in [-0.2, 0) is 0 Å². The van der Waals surface area contributed by atoms with Gasteiger partial charge in [-0.15, -0.1) is 0 Å². The van der Waals surface area contributed by atoms with Crippen molar-refractivity contribution in [3.05, 3.63) is 59.9 Å². The lowest BCUT2D eigenvalue weighted by atomic mass is 10.2. The van der Waals surface area contributed by atoms with E-state index >= 15 is 0 Å². The third-order valence-electron chi connectivity index (χ3n) is 2.90. The van der Waals surface area contributed by atoms with Crippen molar-refractivity contribution in [2.75, 3.05) is 0 Å². The van der Waals surface area contributed by atoms with Crippen LogP contribution in [0.1, 0.15) is 11.3 Å². The van der Waals surface area contributed by atoms with Gasteiger partial charge in [-0.2, -0.15) is 5.26 Å². The molecule has 2 heterocycles. The Hall–Kier alpha value is -2.93. The van der Waals surface area contributed by atoms with Gasteiger partial charge in [0, 0.05) is 23.3 Å². The molecule has 0 saturated heterocycles. The van der Waals surface area contributed by atoms with Crippen molar-refractivity contribution >= 4 is 10.9 Å². The summed E-state index contributed by atoms with van der Waals surface area (Å²) in [5.74, 6) is 1.10. The van der Waals surface area contributed by atoms with Crippen molar-refractivity contribution in [2.24, 2.45) is 0 Å². The van der Waals surface area contributed by atoms with Crippen LogP contribution in [0.3, 0.4) is 0 Å². The first-order valence-electron chi connectivity index (χ1n) is 6.16. The van der Waals surface area contributed by atoms with Crippen LogP contribution in [0.4, 0.5) is 0 Å². The van der Waals surface area contributed by atoms with Crippen LogP contribution in [-0.4, -0.2) is 9.97 Å². The lowest BCUT2D eigenvalue weighted by molar-refractivity contribution is 0.467. The van der Waals surface area contributed by atoms with Crippen LogP contribution in [0.15, 0.2) is 48.7 Å². The highest BCUT2D eigenvalue weighted by atomic mass is 16.5. The SMILES string of the molecule is Cc1ccc2cccc(Oc3ccc(C#N)cn3)c2n1. The summed E-state index contributed by atoms with van der Waals surface area (Å²) in [6, 6.07) is 15.1. The van der Waals surface area contributed by atoms with Gasteiger partial charge < -0.3 is 4.74 Å². The zero-order chi connectivity index (χ0) is 13.9. The quantitative estimate of drug-likeness (QED) is 0.707. The topological polar surface area (TPSA) is 58.8 Å². The fourth-order valence-corrected chi connectivity index (χ4v) is 1.92. The Balaban J connectivity index is 2.01. The smallest absolute Gasteiger partial charge is 0.219 e. The first-order valence-corrected chi connectivity index (χ1v) is 6.16. The van der Waals surface area contributed by atoms with E-state index in [2.05, 4.69) is 9.97 Å². The molecule has 0 saturated carbocycles. The Kier molecular flexibility index (Phi) is 3.02. The summed E-state index contributed by atoms with van der Waals surface area (Å²) in [7, 11) is 0. The molecule has 0 unspecified atom stereocenters. The van der Waals surface area contributed by atoms with Crippen molar-refractivity contribution < 1.29 is 4.74 Å². The molecule has 3 rings (SSSR count). The van der Waals surface area contributed by atoms with E-state index in [-0.39, 0.29) is 0 Å². The molecule has 0 aliphatic heterocycles. The van der Waals surface area contributed by atoms with E-state index in [0.717, 1.165) is 16.6 Å². The number of nitriles is 1. The molecule has 0 aliphatic rings. The minimum absolute atomic E-state index is 0.444. The molecular formula is C16H11N3O. The molecule has 0 fully saturated rings. The van der Waals surface area contributed by atoms with Gasteiger partial charge >= 0.3 is 0 Å². The zero-order valence-electron chi connectivity index (χ0n) is 10.9. The van der Waals surface area contributed by atoms with Crippen LogP contribution in [0.2, 0.25) is 0 Å². The lowest BCUT2D eigenvalue weighted by Crippen LogP contribution is -1.91. The number of rotatable bonds is 2.